The molecule has 0 bridgehead atoms. The van der Waals surface area contributed by atoms with E-state index in [1.54, 1.807) is 10.8 Å². The Labute approximate surface area is 165 Å². The molecule has 28 heavy (non-hydrogen) atoms. The Bertz CT molecular complexity index is 948. The van der Waals surface area contributed by atoms with Gasteiger partial charge in [0.2, 0.25) is 0 Å². The Balaban J connectivity index is 1.37. The summed E-state index contributed by atoms with van der Waals surface area (Å²) in [5.41, 5.74) is 5.89. The summed E-state index contributed by atoms with van der Waals surface area (Å²) < 4.78 is 7.38. The summed E-state index contributed by atoms with van der Waals surface area (Å²) in [4.78, 5) is 17.7. The SMILES string of the molecule is Cc1cccc(Cl)c1CNOC[C@H]1O[C@@H](n2cnc3cncnc32)[C@H](O)[C@@H]1O. The lowest BCUT2D eigenvalue weighted by atomic mass is 10.1. The zero-order chi connectivity index (χ0) is 19.7. The first-order valence-electron chi connectivity index (χ1n) is 8.79. The molecule has 1 aromatic carbocycles. The fourth-order valence-electron chi connectivity index (χ4n) is 3.22. The second-order valence-electron chi connectivity index (χ2n) is 6.60. The van der Waals surface area contributed by atoms with Crippen LogP contribution in [0.25, 0.3) is 11.2 Å². The number of fused-ring (bicyclic) bond motifs is 1. The van der Waals surface area contributed by atoms with Crippen LogP contribution in [0.4, 0.5) is 0 Å². The van der Waals surface area contributed by atoms with E-state index >= 15 is 0 Å². The number of nitrogens with zero attached hydrogens (tertiary/aromatic N) is 4. The van der Waals surface area contributed by atoms with Crippen LogP contribution in [0.2, 0.25) is 5.02 Å². The van der Waals surface area contributed by atoms with E-state index < -0.39 is 24.5 Å². The highest BCUT2D eigenvalue weighted by Crippen LogP contribution is 2.31. The van der Waals surface area contributed by atoms with Crippen molar-refractivity contribution in [3.8, 4) is 0 Å². The molecular formula is C18H20ClN5O4. The normalized spacial score (nSPS) is 24.9. The fourth-order valence-corrected chi connectivity index (χ4v) is 3.51. The standard InChI is InChI=1S/C18H20ClN5O4/c1-10-3-2-4-12(19)11(10)5-23-27-7-14-15(25)16(26)18(28-14)24-9-22-13-6-20-8-21-17(13)24/h2-4,6,8-9,14-16,18,23,25-26H,5,7H2,1H3/t14-,15-,16-,18-/m1/s1. The van der Waals surface area contributed by atoms with Crippen LogP contribution >= 0.6 is 11.6 Å². The molecule has 1 saturated heterocycles. The fraction of sp³-hybridized carbons (Fsp3) is 0.389. The summed E-state index contributed by atoms with van der Waals surface area (Å²) in [7, 11) is 0. The molecule has 3 N–H and O–H groups in total. The van der Waals surface area contributed by atoms with Crippen molar-refractivity contribution < 1.29 is 19.8 Å². The molecule has 9 nitrogen and oxygen atoms in total. The summed E-state index contributed by atoms with van der Waals surface area (Å²) in [6.07, 6.45) is 0.646. The van der Waals surface area contributed by atoms with E-state index in [-0.39, 0.29) is 6.61 Å². The van der Waals surface area contributed by atoms with Crippen molar-refractivity contribution in [2.45, 2.75) is 38.0 Å². The van der Waals surface area contributed by atoms with Gasteiger partial charge in [0, 0.05) is 11.6 Å². The maximum atomic E-state index is 10.4. The van der Waals surface area contributed by atoms with Gasteiger partial charge in [-0.15, -0.1) is 0 Å². The summed E-state index contributed by atoms with van der Waals surface area (Å²) in [5, 5.41) is 21.4. The molecule has 0 amide bonds. The molecular weight excluding hydrogens is 386 g/mol. The number of imidazole rings is 1. The molecule has 4 rings (SSSR count). The van der Waals surface area contributed by atoms with Gasteiger partial charge in [-0.25, -0.2) is 15.0 Å². The van der Waals surface area contributed by atoms with Crippen molar-refractivity contribution in [3.05, 3.63) is 53.2 Å². The highest BCUT2D eigenvalue weighted by Gasteiger charge is 2.44. The Morgan fingerprint density at radius 3 is 2.96 bits per heavy atom. The minimum absolute atomic E-state index is 0.0415. The van der Waals surface area contributed by atoms with Gasteiger partial charge in [-0.2, -0.15) is 5.48 Å². The Morgan fingerprint density at radius 2 is 2.14 bits per heavy atom. The van der Waals surface area contributed by atoms with Crippen molar-refractivity contribution in [2.75, 3.05) is 6.61 Å². The van der Waals surface area contributed by atoms with Gasteiger partial charge in [-0.3, -0.25) is 9.40 Å². The van der Waals surface area contributed by atoms with Gasteiger partial charge >= 0.3 is 0 Å². The number of aliphatic hydroxyl groups is 2. The molecule has 1 aliphatic heterocycles. The second-order valence-corrected chi connectivity index (χ2v) is 7.00. The molecule has 10 heteroatoms. The summed E-state index contributed by atoms with van der Waals surface area (Å²) in [6.45, 7) is 2.41. The number of aromatic nitrogens is 4. The summed E-state index contributed by atoms with van der Waals surface area (Å²) >= 11 is 6.19. The molecule has 0 saturated carbocycles. The van der Waals surface area contributed by atoms with E-state index in [9.17, 15) is 10.2 Å². The quantitative estimate of drug-likeness (QED) is 0.413. The van der Waals surface area contributed by atoms with E-state index in [0.29, 0.717) is 22.7 Å². The Morgan fingerprint density at radius 1 is 1.29 bits per heavy atom. The van der Waals surface area contributed by atoms with Crippen molar-refractivity contribution in [3.63, 3.8) is 0 Å². The molecule has 0 aliphatic carbocycles. The van der Waals surface area contributed by atoms with E-state index in [0.717, 1.165) is 11.1 Å². The van der Waals surface area contributed by atoms with Crippen LogP contribution in [0.3, 0.4) is 0 Å². The van der Waals surface area contributed by atoms with Gasteiger partial charge in [0.25, 0.3) is 0 Å². The minimum atomic E-state index is -1.15. The van der Waals surface area contributed by atoms with E-state index in [1.807, 2.05) is 25.1 Å². The molecule has 0 spiro atoms. The van der Waals surface area contributed by atoms with Crippen LogP contribution in [-0.4, -0.2) is 54.7 Å². The maximum Gasteiger partial charge on any atom is 0.165 e. The van der Waals surface area contributed by atoms with Gasteiger partial charge in [-0.05, 0) is 24.1 Å². The zero-order valence-electron chi connectivity index (χ0n) is 15.1. The lowest BCUT2D eigenvalue weighted by Gasteiger charge is -2.16. The van der Waals surface area contributed by atoms with Crippen molar-refractivity contribution in [1.29, 1.82) is 0 Å². The van der Waals surface area contributed by atoms with Crippen molar-refractivity contribution >= 4 is 22.8 Å². The molecule has 1 fully saturated rings. The predicted octanol–water partition coefficient (Wildman–Crippen LogP) is 1.13. The van der Waals surface area contributed by atoms with Crippen molar-refractivity contribution in [2.24, 2.45) is 0 Å². The first-order chi connectivity index (χ1) is 13.6. The van der Waals surface area contributed by atoms with Crippen LogP contribution in [-0.2, 0) is 16.1 Å². The molecule has 0 unspecified atom stereocenters. The topological polar surface area (TPSA) is 115 Å². The average Bonchev–Trinajstić information content (AvgIpc) is 3.23. The number of nitrogens with one attached hydrogen (secondary N) is 1. The van der Waals surface area contributed by atoms with Gasteiger partial charge in [0.1, 0.15) is 30.2 Å². The third-order valence-corrected chi connectivity index (χ3v) is 5.16. The van der Waals surface area contributed by atoms with E-state index in [1.165, 1.54) is 12.7 Å². The van der Waals surface area contributed by atoms with Crippen LogP contribution in [0.5, 0.6) is 0 Å². The second kappa shape index (κ2) is 8.08. The molecule has 0 radical (unpaired) electrons. The number of benzene rings is 1. The van der Waals surface area contributed by atoms with Gasteiger partial charge in [-0.1, -0.05) is 23.7 Å². The van der Waals surface area contributed by atoms with Gasteiger partial charge in [0.15, 0.2) is 11.9 Å². The van der Waals surface area contributed by atoms with Gasteiger partial charge < -0.3 is 14.9 Å². The number of hydrogen-bond donors (Lipinski definition) is 3. The molecule has 148 valence electrons. The summed E-state index contributed by atoms with van der Waals surface area (Å²) in [6, 6.07) is 5.67. The number of hydrogen-bond acceptors (Lipinski definition) is 8. The molecule has 2 aromatic heterocycles. The van der Waals surface area contributed by atoms with Crippen LogP contribution < -0.4 is 5.48 Å². The smallest absolute Gasteiger partial charge is 0.165 e. The number of rotatable bonds is 6. The molecule has 4 atom stereocenters. The number of aryl methyl sites for hydroxylation is 1. The zero-order valence-corrected chi connectivity index (χ0v) is 15.8. The first kappa shape index (κ1) is 19.2. The van der Waals surface area contributed by atoms with Crippen LogP contribution in [0, 0.1) is 6.92 Å². The van der Waals surface area contributed by atoms with E-state index in [2.05, 4.69) is 20.4 Å². The number of aliphatic hydroxyl groups excluding tert-OH is 2. The van der Waals surface area contributed by atoms with Gasteiger partial charge in [0.05, 0.1) is 19.1 Å². The van der Waals surface area contributed by atoms with Crippen molar-refractivity contribution in [1.82, 2.24) is 25.0 Å². The largest absolute Gasteiger partial charge is 0.387 e. The highest BCUT2D eigenvalue weighted by atomic mass is 35.5. The maximum absolute atomic E-state index is 10.4. The molecule has 3 aromatic rings. The monoisotopic (exact) mass is 405 g/mol. The Hall–Kier alpha value is -2.14. The van der Waals surface area contributed by atoms with Crippen LogP contribution in [0.1, 0.15) is 17.4 Å². The van der Waals surface area contributed by atoms with Crippen LogP contribution in [0.15, 0.2) is 37.1 Å². The molecule has 1 aliphatic rings. The predicted molar refractivity (Wildman–Crippen MR) is 100 cm³/mol. The number of halogens is 1. The lowest BCUT2D eigenvalue weighted by Crippen LogP contribution is -2.35. The van der Waals surface area contributed by atoms with E-state index in [4.69, 9.17) is 21.2 Å². The first-order valence-corrected chi connectivity index (χ1v) is 9.17. The minimum Gasteiger partial charge on any atom is -0.387 e. The highest BCUT2D eigenvalue weighted by molar-refractivity contribution is 6.31. The third kappa shape index (κ3) is 3.60. The number of hydroxylamine groups is 1. The molecule has 3 heterocycles. The Kier molecular flexibility index (Phi) is 5.54. The average molecular weight is 406 g/mol. The number of ether oxygens (including phenoxy) is 1. The summed E-state index contributed by atoms with van der Waals surface area (Å²) in [5.74, 6) is 0. The lowest BCUT2D eigenvalue weighted by molar-refractivity contribution is -0.0873. The third-order valence-electron chi connectivity index (χ3n) is 4.80.